The SMILES string of the molecule is O=C(O)C1(CCO)CC1(Br)Br. The molecule has 0 aromatic carbocycles. The van der Waals surface area contributed by atoms with Gasteiger partial charge in [0.25, 0.3) is 0 Å². The maximum atomic E-state index is 10.7. The van der Waals surface area contributed by atoms with E-state index in [0.29, 0.717) is 12.8 Å². The van der Waals surface area contributed by atoms with Crippen LogP contribution in [0.3, 0.4) is 0 Å². The lowest BCUT2D eigenvalue weighted by Crippen LogP contribution is -2.22. The van der Waals surface area contributed by atoms with Gasteiger partial charge in [0.15, 0.2) is 0 Å². The summed E-state index contributed by atoms with van der Waals surface area (Å²) < 4.78 is -0.498. The van der Waals surface area contributed by atoms with E-state index in [1.54, 1.807) is 0 Å². The zero-order valence-corrected chi connectivity index (χ0v) is 8.85. The molecule has 0 heterocycles. The van der Waals surface area contributed by atoms with E-state index in [-0.39, 0.29) is 6.61 Å². The third-order valence-electron chi connectivity index (χ3n) is 2.05. The smallest absolute Gasteiger partial charge is 0.312 e. The number of halogens is 2. The van der Waals surface area contributed by atoms with E-state index in [1.807, 2.05) is 0 Å². The second-order valence-electron chi connectivity index (χ2n) is 2.74. The number of hydrogen-bond donors (Lipinski definition) is 2. The molecule has 5 heteroatoms. The van der Waals surface area contributed by atoms with E-state index < -0.39 is 14.6 Å². The highest BCUT2D eigenvalue weighted by Crippen LogP contribution is 2.68. The average molecular weight is 288 g/mol. The van der Waals surface area contributed by atoms with Crippen LogP contribution in [0.15, 0.2) is 0 Å². The quantitative estimate of drug-likeness (QED) is 0.770. The van der Waals surface area contributed by atoms with Gasteiger partial charge in [-0.2, -0.15) is 0 Å². The molecule has 1 rings (SSSR count). The first kappa shape index (κ1) is 9.48. The molecule has 0 aromatic rings. The lowest BCUT2D eigenvalue weighted by molar-refractivity contribution is -0.143. The fraction of sp³-hybridized carbons (Fsp3) is 0.833. The van der Waals surface area contributed by atoms with Crippen LogP contribution in [0.1, 0.15) is 12.8 Å². The molecule has 1 atom stereocenters. The van der Waals surface area contributed by atoms with Crippen LogP contribution in [0.25, 0.3) is 0 Å². The number of alkyl halides is 2. The minimum absolute atomic E-state index is 0.0920. The molecule has 0 bridgehead atoms. The molecule has 0 spiro atoms. The Morgan fingerprint density at radius 1 is 1.55 bits per heavy atom. The van der Waals surface area contributed by atoms with Crippen molar-refractivity contribution >= 4 is 37.8 Å². The Bertz CT molecular complexity index is 192. The number of rotatable bonds is 3. The lowest BCUT2D eigenvalue weighted by Gasteiger charge is -2.10. The van der Waals surface area contributed by atoms with Crippen molar-refractivity contribution in [2.75, 3.05) is 6.61 Å². The maximum Gasteiger partial charge on any atom is 0.312 e. The van der Waals surface area contributed by atoms with E-state index in [2.05, 4.69) is 31.9 Å². The molecule has 1 saturated carbocycles. The van der Waals surface area contributed by atoms with Gasteiger partial charge in [0.2, 0.25) is 0 Å². The highest BCUT2D eigenvalue weighted by molar-refractivity contribution is 9.25. The third-order valence-corrected chi connectivity index (χ3v) is 4.13. The molecule has 1 fully saturated rings. The maximum absolute atomic E-state index is 10.7. The topological polar surface area (TPSA) is 57.5 Å². The van der Waals surface area contributed by atoms with Gasteiger partial charge in [-0.1, -0.05) is 31.9 Å². The highest BCUT2D eigenvalue weighted by Gasteiger charge is 2.69. The van der Waals surface area contributed by atoms with Gasteiger partial charge in [0, 0.05) is 6.61 Å². The first-order valence-electron chi connectivity index (χ1n) is 3.18. The predicted molar refractivity (Wildman–Crippen MR) is 47.0 cm³/mol. The Labute approximate surface area is 81.0 Å². The largest absolute Gasteiger partial charge is 0.481 e. The molecule has 3 nitrogen and oxygen atoms in total. The summed E-state index contributed by atoms with van der Waals surface area (Å²) in [5.41, 5.74) is -0.804. The van der Waals surface area contributed by atoms with Crippen molar-refractivity contribution < 1.29 is 15.0 Å². The minimum atomic E-state index is -0.861. The summed E-state index contributed by atoms with van der Waals surface area (Å²) in [6.07, 6.45) is 0.814. The second-order valence-corrected chi connectivity index (χ2v) is 6.51. The molecule has 0 radical (unpaired) electrons. The van der Waals surface area contributed by atoms with Gasteiger partial charge in [-0.25, -0.2) is 0 Å². The average Bonchev–Trinajstić information content (AvgIpc) is 2.36. The summed E-state index contributed by atoms with van der Waals surface area (Å²) in [7, 11) is 0. The molecule has 64 valence electrons. The predicted octanol–water partition coefficient (Wildman–Crippen LogP) is 1.33. The van der Waals surface area contributed by atoms with Crippen LogP contribution >= 0.6 is 31.9 Å². The highest BCUT2D eigenvalue weighted by atomic mass is 79.9. The van der Waals surface area contributed by atoms with Gasteiger partial charge in [-0.05, 0) is 12.8 Å². The van der Waals surface area contributed by atoms with Gasteiger partial charge in [0.1, 0.15) is 0 Å². The molecule has 2 N–H and O–H groups in total. The van der Waals surface area contributed by atoms with Crippen LogP contribution in [0.4, 0.5) is 0 Å². The van der Waals surface area contributed by atoms with E-state index >= 15 is 0 Å². The normalized spacial score (nSPS) is 33.4. The second kappa shape index (κ2) is 2.71. The molecule has 1 aliphatic carbocycles. The summed E-state index contributed by atoms with van der Waals surface area (Å²) in [5.74, 6) is -0.861. The summed E-state index contributed by atoms with van der Waals surface area (Å²) in [6.45, 7) is -0.0920. The minimum Gasteiger partial charge on any atom is -0.481 e. The molecule has 0 amide bonds. The van der Waals surface area contributed by atoms with Crippen LogP contribution < -0.4 is 0 Å². The standard InChI is InChI=1S/C6H8Br2O3/c7-6(8)3-5(6,1-2-9)4(10)11/h9H,1-3H2,(H,10,11). The van der Waals surface area contributed by atoms with Crippen LogP contribution in [0, 0.1) is 5.41 Å². The molecule has 0 aromatic heterocycles. The number of aliphatic hydroxyl groups excluding tert-OH is 1. The molecular weight excluding hydrogens is 280 g/mol. The van der Waals surface area contributed by atoms with E-state index in [0.717, 1.165) is 0 Å². The van der Waals surface area contributed by atoms with Crippen molar-refractivity contribution in [2.24, 2.45) is 5.41 Å². The first-order chi connectivity index (χ1) is 4.96. The van der Waals surface area contributed by atoms with Gasteiger partial charge >= 0.3 is 5.97 Å². The summed E-state index contributed by atoms with van der Waals surface area (Å²) >= 11 is 6.47. The Kier molecular flexibility index (Phi) is 2.33. The molecule has 1 unspecified atom stereocenters. The third kappa shape index (κ3) is 1.34. The van der Waals surface area contributed by atoms with Crippen molar-refractivity contribution in [2.45, 2.75) is 16.1 Å². The van der Waals surface area contributed by atoms with E-state index in [9.17, 15) is 4.79 Å². The zero-order chi connectivity index (χ0) is 8.70. The van der Waals surface area contributed by atoms with E-state index in [4.69, 9.17) is 10.2 Å². The fourth-order valence-electron chi connectivity index (χ4n) is 1.14. The van der Waals surface area contributed by atoms with Crippen LogP contribution in [0.2, 0.25) is 0 Å². The molecule has 0 saturated heterocycles. The first-order valence-corrected chi connectivity index (χ1v) is 4.77. The molecular formula is C6H8Br2O3. The number of carboxylic acids is 1. The number of aliphatic hydroxyl groups is 1. The Balaban J connectivity index is 2.71. The van der Waals surface area contributed by atoms with Crippen LogP contribution in [0.5, 0.6) is 0 Å². The summed E-state index contributed by atoms with van der Waals surface area (Å²) in [5, 5.41) is 17.4. The molecule has 1 aliphatic rings. The Hall–Kier alpha value is 0.390. The summed E-state index contributed by atoms with van der Waals surface area (Å²) in [6, 6.07) is 0. The zero-order valence-electron chi connectivity index (χ0n) is 5.68. The number of aliphatic carboxylic acids is 1. The van der Waals surface area contributed by atoms with Crippen molar-refractivity contribution in [1.29, 1.82) is 0 Å². The van der Waals surface area contributed by atoms with Crippen molar-refractivity contribution in [3.8, 4) is 0 Å². The van der Waals surface area contributed by atoms with Crippen molar-refractivity contribution in [1.82, 2.24) is 0 Å². The number of carboxylic acid groups (broad SMARTS) is 1. The Morgan fingerprint density at radius 3 is 2.09 bits per heavy atom. The van der Waals surface area contributed by atoms with Gasteiger partial charge < -0.3 is 10.2 Å². The fourth-order valence-corrected chi connectivity index (χ4v) is 2.83. The molecule has 11 heavy (non-hydrogen) atoms. The van der Waals surface area contributed by atoms with E-state index in [1.165, 1.54) is 0 Å². The van der Waals surface area contributed by atoms with Crippen molar-refractivity contribution in [3.05, 3.63) is 0 Å². The Morgan fingerprint density at radius 2 is 2.00 bits per heavy atom. The van der Waals surface area contributed by atoms with Gasteiger partial charge in [0.05, 0.1) is 8.65 Å². The van der Waals surface area contributed by atoms with Crippen LogP contribution in [-0.4, -0.2) is 26.0 Å². The summed E-state index contributed by atoms with van der Waals surface area (Å²) in [4.78, 5) is 10.7. The van der Waals surface area contributed by atoms with Crippen LogP contribution in [-0.2, 0) is 4.79 Å². The van der Waals surface area contributed by atoms with Crippen molar-refractivity contribution in [3.63, 3.8) is 0 Å². The number of carbonyl (C=O) groups is 1. The monoisotopic (exact) mass is 286 g/mol. The van der Waals surface area contributed by atoms with Gasteiger partial charge in [-0.15, -0.1) is 0 Å². The number of hydrogen-bond acceptors (Lipinski definition) is 2. The lowest BCUT2D eigenvalue weighted by atomic mass is 10.0. The van der Waals surface area contributed by atoms with Gasteiger partial charge in [-0.3, -0.25) is 4.79 Å². The molecule has 0 aliphatic heterocycles.